The second kappa shape index (κ2) is 8.46. The highest BCUT2D eigenvalue weighted by Gasteiger charge is 2.21. The van der Waals surface area contributed by atoms with Crippen molar-refractivity contribution in [3.63, 3.8) is 0 Å². The zero-order valence-electron chi connectivity index (χ0n) is 13.9. The number of ether oxygens (including phenoxy) is 1. The van der Waals surface area contributed by atoms with Gasteiger partial charge in [0.15, 0.2) is 0 Å². The van der Waals surface area contributed by atoms with Crippen LogP contribution >= 0.6 is 15.9 Å². The molecule has 6 nitrogen and oxygen atoms in total. The molecule has 134 valence electrons. The van der Waals surface area contributed by atoms with Crippen molar-refractivity contribution in [3.05, 3.63) is 58.6 Å². The molecule has 0 saturated heterocycles. The van der Waals surface area contributed by atoms with E-state index in [1.54, 1.807) is 36.4 Å². The fraction of sp³-hybridized carbons (Fsp3) is 0.235. The van der Waals surface area contributed by atoms with Crippen LogP contribution in [0.2, 0.25) is 0 Å². The Morgan fingerprint density at radius 3 is 2.40 bits per heavy atom. The molecule has 2 rings (SSSR count). The maximum Gasteiger partial charge on any atom is 0.239 e. The average Bonchev–Trinajstić information content (AvgIpc) is 2.56. The van der Waals surface area contributed by atoms with Gasteiger partial charge in [0.1, 0.15) is 5.75 Å². The summed E-state index contributed by atoms with van der Waals surface area (Å²) in [6.07, 6.45) is 1.09. The van der Waals surface area contributed by atoms with Crippen molar-refractivity contribution in [1.29, 1.82) is 0 Å². The average molecular weight is 427 g/mol. The zero-order chi connectivity index (χ0) is 18.4. The number of halogens is 1. The third-order valence-electron chi connectivity index (χ3n) is 3.44. The molecule has 0 aliphatic carbocycles. The highest BCUT2D eigenvalue weighted by atomic mass is 79.9. The van der Waals surface area contributed by atoms with E-state index in [1.807, 2.05) is 12.1 Å². The number of para-hydroxylation sites is 2. The molecule has 0 heterocycles. The number of rotatable bonds is 7. The highest BCUT2D eigenvalue weighted by Crippen LogP contribution is 2.23. The van der Waals surface area contributed by atoms with Crippen LogP contribution < -0.4 is 10.1 Å². The minimum atomic E-state index is -3.55. The SMILES string of the molecule is COc1ccccc1NC(=O)CN(Cc1ccc(Br)cc1)S(C)(=O)=O. The van der Waals surface area contributed by atoms with Crippen LogP contribution in [0.1, 0.15) is 5.56 Å². The first-order chi connectivity index (χ1) is 11.8. The molecule has 0 radical (unpaired) electrons. The van der Waals surface area contributed by atoms with Gasteiger partial charge in [0.25, 0.3) is 0 Å². The van der Waals surface area contributed by atoms with E-state index in [2.05, 4.69) is 21.2 Å². The van der Waals surface area contributed by atoms with Gasteiger partial charge in [-0.1, -0.05) is 40.2 Å². The third kappa shape index (κ3) is 5.84. The van der Waals surface area contributed by atoms with Gasteiger partial charge in [0.05, 0.1) is 25.6 Å². The van der Waals surface area contributed by atoms with Gasteiger partial charge in [0.2, 0.25) is 15.9 Å². The molecule has 1 N–H and O–H groups in total. The van der Waals surface area contributed by atoms with E-state index in [4.69, 9.17) is 4.74 Å². The van der Waals surface area contributed by atoms with Crippen LogP contribution in [0.25, 0.3) is 0 Å². The van der Waals surface area contributed by atoms with E-state index in [0.717, 1.165) is 20.6 Å². The van der Waals surface area contributed by atoms with Crippen LogP contribution in [0.5, 0.6) is 5.75 Å². The summed E-state index contributed by atoms with van der Waals surface area (Å²) in [5.41, 5.74) is 1.28. The summed E-state index contributed by atoms with van der Waals surface area (Å²) in [6.45, 7) is -0.168. The number of benzene rings is 2. The molecule has 2 aromatic carbocycles. The maximum atomic E-state index is 12.3. The Balaban J connectivity index is 2.11. The highest BCUT2D eigenvalue weighted by molar-refractivity contribution is 9.10. The molecule has 8 heteroatoms. The van der Waals surface area contributed by atoms with Gasteiger partial charge in [-0.15, -0.1) is 0 Å². The second-order valence-corrected chi connectivity index (χ2v) is 8.30. The fourth-order valence-corrected chi connectivity index (χ4v) is 3.18. The van der Waals surface area contributed by atoms with Crippen LogP contribution in [-0.2, 0) is 21.4 Å². The predicted molar refractivity (Wildman–Crippen MR) is 101 cm³/mol. The summed E-state index contributed by atoms with van der Waals surface area (Å²) in [5.74, 6) is 0.0710. The Kier molecular flexibility index (Phi) is 6.57. The zero-order valence-corrected chi connectivity index (χ0v) is 16.3. The minimum absolute atomic E-state index is 0.117. The molecule has 0 fully saturated rings. The minimum Gasteiger partial charge on any atom is -0.495 e. The number of methoxy groups -OCH3 is 1. The first-order valence-electron chi connectivity index (χ1n) is 7.42. The summed E-state index contributed by atoms with van der Waals surface area (Å²) in [5, 5.41) is 2.68. The molecule has 2 aromatic rings. The van der Waals surface area contributed by atoms with E-state index in [1.165, 1.54) is 7.11 Å². The largest absolute Gasteiger partial charge is 0.495 e. The topological polar surface area (TPSA) is 75.7 Å². The lowest BCUT2D eigenvalue weighted by Crippen LogP contribution is -2.36. The lowest BCUT2D eigenvalue weighted by molar-refractivity contribution is -0.116. The molecule has 0 unspecified atom stereocenters. The van der Waals surface area contributed by atoms with Crippen LogP contribution in [0.15, 0.2) is 53.0 Å². The van der Waals surface area contributed by atoms with Crippen molar-refractivity contribution in [2.45, 2.75) is 6.54 Å². The first-order valence-corrected chi connectivity index (χ1v) is 10.1. The number of hydrogen-bond acceptors (Lipinski definition) is 4. The number of amides is 1. The third-order valence-corrected chi connectivity index (χ3v) is 5.17. The van der Waals surface area contributed by atoms with E-state index >= 15 is 0 Å². The van der Waals surface area contributed by atoms with E-state index < -0.39 is 15.9 Å². The Bertz CT molecular complexity index is 838. The van der Waals surface area contributed by atoms with Gasteiger partial charge in [-0.3, -0.25) is 4.79 Å². The number of nitrogens with zero attached hydrogens (tertiary/aromatic N) is 1. The summed E-state index contributed by atoms with van der Waals surface area (Å²) in [4.78, 5) is 12.3. The molecule has 1 amide bonds. The van der Waals surface area contributed by atoms with Gasteiger partial charge in [-0.2, -0.15) is 4.31 Å². The standard InChI is InChI=1S/C17H19BrN2O4S/c1-24-16-6-4-3-5-15(16)19-17(21)12-20(25(2,22)23)11-13-7-9-14(18)10-8-13/h3-10H,11-12H2,1-2H3,(H,19,21). The number of nitrogens with one attached hydrogen (secondary N) is 1. The normalized spacial score (nSPS) is 11.4. The molecule has 25 heavy (non-hydrogen) atoms. The van der Waals surface area contributed by atoms with Crippen LogP contribution in [-0.4, -0.2) is 38.5 Å². The lowest BCUT2D eigenvalue weighted by Gasteiger charge is -2.20. The summed E-state index contributed by atoms with van der Waals surface area (Å²) < 4.78 is 31.3. The molecule has 0 spiro atoms. The fourth-order valence-electron chi connectivity index (χ4n) is 2.18. The lowest BCUT2D eigenvalue weighted by atomic mass is 10.2. The summed E-state index contributed by atoms with van der Waals surface area (Å²) in [7, 11) is -2.05. The van der Waals surface area contributed by atoms with Crippen molar-refractivity contribution in [2.75, 3.05) is 25.2 Å². The molecular weight excluding hydrogens is 408 g/mol. The monoisotopic (exact) mass is 426 g/mol. The van der Waals surface area contributed by atoms with Gasteiger partial charge in [0, 0.05) is 11.0 Å². The Morgan fingerprint density at radius 2 is 1.80 bits per heavy atom. The van der Waals surface area contributed by atoms with Gasteiger partial charge >= 0.3 is 0 Å². The quantitative estimate of drug-likeness (QED) is 0.738. The molecule has 0 aliphatic rings. The maximum absolute atomic E-state index is 12.3. The van der Waals surface area contributed by atoms with Gasteiger partial charge < -0.3 is 10.1 Å². The van der Waals surface area contributed by atoms with Crippen molar-refractivity contribution in [3.8, 4) is 5.75 Å². The molecule has 0 aromatic heterocycles. The van der Waals surface area contributed by atoms with Gasteiger partial charge in [-0.05, 0) is 29.8 Å². The molecule has 0 atom stereocenters. The van der Waals surface area contributed by atoms with Crippen LogP contribution in [0.3, 0.4) is 0 Å². The first kappa shape index (κ1) is 19.4. The predicted octanol–water partition coefficient (Wildman–Crippen LogP) is 2.86. The van der Waals surface area contributed by atoms with Crippen molar-refractivity contribution in [1.82, 2.24) is 4.31 Å². The molecule has 0 saturated carbocycles. The molecular formula is C17H19BrN2O4S. The Morgan fingerprint density at radius 1 is 1.16 bits per heavy atom. The van der Waals surface area contributed by atoms with E-state index in [0.29, 0.717) is 11.4 Å². The van der Waals surface area contributed by atoms with Crippen molar-refractivity contribution >= 4 is 37.5 Å². The van der Waals surface area contributed by atoms with Crippen LogP contribution in [0.4, 0.5) is 5.69 Å². The summed E-state index contributed by atoms with van der Waals surface area (Å²) >= 11 is 3.33. The molecule has 0 bridgehead atoms. The van der Waals surface area contributed by atoms with E-state index in [-0.39, 0.29) is 13.1 Å². The Labute approximate surface area is 156 Å². The number of anilines is 1. The van der Waals surface area contributed by atoms with Gasteiger partial charge in [-0.25, -0.2) is 8.42 Å². The number of sulfonamides is 1. The summed E-state index contributed by atoms with van der Waals surface area (Å²) in [6, 6.07) is 14.2. The van der Waals surface area contributed by atoms with Crippen molar-refractivity contribution in [2.24, 2.45) is 0 Å². The number of hydrogen-bond donors (Lipinski definition) is 1. The van der Waals surface area contributed by atoms with E-state index in [9.17, 15) is 13.2 Å². The number of carbonyl (C=O) groups excluding carboxylic acids is 1. The Hall–Kier alpha value is -1.90. The number of carbonyl (C=O) groups is 1. The second-order valence-electron chi connectivity index (χ2n) is 5.41. The van der Waals surface area contributed by atoms with Crippen molar-refractivity contribution < 1.29 is 17.9 Å². The smallest absolute Gasteiger partial charge is 0.239 e. The van der Waals surface area contributed by atoms with Crippen LogP contribution in [0, 0.1) is 0 Å². The molecule has 0 aliphatic heterocycles.